The number of carboxylic acid groups (broad SMARTS) is 1. The van der Waals surface area contributed by atoms with Gasteiger partial charge in [-0.3, -0.25) is 14.5 Å². The highest BCUT2D eigenvalue weighted by Crippen LogP contribution is 2.36. The molecule has 10 nitrogen and oxygen atoms in total. The number of alkyl halides is 3. The van der Waals surface area contributed by atoms with Gasteiger partial charge in [0.15, 0.2) is 12.2 Å². The van der Waals surface area contributed by atoms with E-state index in [2.05, 4.69) is 4.98 Å². The summed E-state index contributed by atoms with van der Waals surface area (Å²) in [6, 6.07) is 10.6. The number of benzene rings is 2. The molecule has 194 valence electrons. The Labute approximate surface area is 205 Å². The summed E-state index contributed by atoms with van der Waals surface area (Å²) in [5.74, 6) is -2.58. The maximum Gasteiger partial charge on any atom is 0.417 e. The van der Waals surface area contributed by atoms with E-state index in [1.807, 2.05) is 0 Å². The molecule has 2 aromatic carbocycles. The Morgan fingerprint density at radius 1 is 1.16 bits per heavy atom. The highest BCUT2D eigenvalue weighted by atomic mass is 19.4. The van der Waals surface area contributed by atoms with Gasteiger partial charge in [-0.2, -0.15) is 13.2 Å². The molecular formula is C24H19F3N2O8. The van der Waals surface area contributed by atoms with Crippen LogP contribution in [-0.4, -0.2) is 58.6 Å². The largest absolute Gasteiger partial charge is 0.479 e. The molecule has 2 heterocycles. The number of carbonyl (C=O) groups is 3. The first-order valence-corrected chi connectivity index (χ1v) is 10.8. The van der Waals surface area contributed by atoms with Gasteiger partial charge < -0.3 is 24.7 Å². The summed E-state index contributed by atoms with van der Waals surface area (Å²) in [7, 11) is 0. The quantitative estimate of drug-likeness (QED) is 0.403. The number of aromatic amines is 1. The van der Waals surface area contributed by atoms with Crippen LogP contribution >= 0.6 is 0 Å². The lowest BCUT2D eigenvalue weighted by atomic mass is 10.0. The molecule has 2 atom stereocenters. The number of aromatic nitrogens is 1. The Kier molecular flexibility index (Phi) is 6.90. The molecule has 1 saturated heterocycles. The van der Waals surface area contributed by atoms with E-state index < -0.39 is 54.0 Å². The monoisotopic (exact) mass is 520 g/mol. The zero-order valence-electron chi connectivity index (χ0n) is 18.8. The van der Waals surface area contributed by atoms with Crippen LogP contribution in [0, 0.1) is 0 Å². The second-order valence-corrected chi connectivity index (χ2v) is 8.18. The number of hydrogen-bond donors (Lipinski definition) is 3. The molecule has 13 heteroatoms. The summed E-state index contributed by atoms with van der Waals surface area (Å²) in [4.78, 5) is 51.0. The normalized spacial score (nSPS) is 16.5. The summed E-state index contributed by atoms with van der Waals surface area (Å²) in [5.41, 5.74) is -1.50. The van der Waals surface area contributed by atoms with Crippen LogP contribution in [0.5, 0.6) is 0 Å². The summed E-state index contributed by atoms with van der Waals surface area (Å²) in [6.45, 7) is -0.447. The number of pyridine rings is 1. The second-order valence-electron chi connectivity index (χ2n) is 8.18. The van der Waals surface area contributed by atoms with Crippen LogP contribution in [0.2, 0.25) is 0 Å². The number of amides is 1. The van der Waals surface area contributed by atoms with Crippen molar-refractivity contribution in [2.45, 2.75) is 24.8 Å². The minimum Gasteiger partial charge on any atom is -0.479 e. The van der Waals surface area contributed by atoms with E-state index in [9.17, 15) is 37.5 Å². The van der Waals surface area contributed by atoms with Crippen LogP contribution in [0.4, 0.5) is 23.7 Å². The molecule has 0 radical (unpaired) electrons. The number of aliphatic hydroxyl groups excluding tert-OH is 1. The van der Waals surface area contributed by atoms with Gasteiger partial charge in [0.05, 0.1) is 18.5 Å². The molecule has 0 aliphatic carbocycles. The zero-order valence-corrected chi connectivity index (χ0v) is 18.8. The first-order chi connectivity index (χ1) is 17.4. The number of hydrogen-bond acceptors (Lipinski definition) is 7. The van der Waals surface area contributed by atoms with Crippen molar-refractivity contribution in [3.05, 3.63) is 64.4 Å². The Bertz CT molecular complexity index is 1440. The van der Waals surface area contributed by atoms with Crippen LogP contribution in [0.25, 0.3) is 22.0 Å². The minimum atomic E-state index is -4.62. The molecule has 3 N–H and O–H groups in total. The van der Waals surface area contributed by atoms with Crippen LogP contribution < -0.4 is 10.5 Å². The number of halogens is 3. The van der Waals surface area contributed by atoms with Gasteiger partial charge in [-0.15, -0.1) is 0 Å². The smallest absolute Gasteiger partial charge is 0.417 e. The Hall–Kier alpha value is -4.39. The standard InChI is InChI=1S/C24H19F3N2O8/c25-24(26,27)17-4-2-1-3-15(17)18-7-12-5-6-13(8-16(12)21(32)28-18)29-10-14(37-23(29)35)11-36-20(31)9-19(30)22(33)34/h1-8,14,19,30H,9-11H2,(H,28,32)(H,33,34)/t14-,19-/m0/s1. The number of nitrogens with zero attached hydrogens (tertiary/aromatic N) is 1. The molecule has 0 spiro atoms. The molecule has 4 rings (SSSR count). The maximum absolute atomic E-state index is 13.4. The Morgan fingerprint density at radius 2 is 1.89 bits per heavy atom. The number of rotatable bonds is 7. The van der Waals surface area contributed by atoms with Crippen LogP contribution in [0.15, 0.2) is 53.3 Å². The third kappa shape index (κ3) is 5.56. The first-order valence-electron chi connectivity index (χ1n) is 10.8. The molecule has 0 bridgehead atoms. The molecule has 1 aliphatic rings. The van der Waals surface area contributed by atoms with Crippen molar-refractivity contribution in [2.24, 2.45) is 0 Å². The van der Waals surface area contributed by atoms with Crippen LogP contribution in [0.3, 0.4) is 0 Å². The number of H-pyrrole nitrogens is 1. The molecule has 37 heavy (non-hydrogen) atoms. The molecule has 1 fully saturated rings. The highest BCUT2D eigenvalue weighted by Gasteiger charge is 2.35. The molecular weight excluding hydrogens is 501 g/mol. The number of anilines is 1. The number of nitrogens with one attached hydrogen (secondary N) is 1. The topological polar surface area (TPSA) is 146 Å². The third-order valence-corrected chi connectivity index (χ3v) is 5.61. The number of carbonyl (C=O) groups excluding carboxylic acids is 2. The van der Waals surface area contributed by atoms with E-state index in [0.29, 0.717) is 5.39 Å². The van der Waals surface area contributed by atoms with Gasteiger partial charge in [0, 0.05) is 22.3 Å². The second kappa shape index (κ2) is 9.93. The molecule has 1 aliphatic heterocycles. The van der Waals surface area contributed by atoms with E-state index in [0.717, 1.165) is 6.07 Å². The molecule has 1 aromatic heterocycles. The lowest BCUT2D eigenvalue weighted by molar-refractivity contribution is -0.156. The fourth-order valence-electron chi connectivity index (χ4n) is 3.84. The average Bonchev–Trinajstić information content (AvgIpc) is 3.22. The van der Waals surface area contributed by atoms with Crippen molar-refractivity contribution < 1.29 is 47.2 Å². The number of aliphatic hydroxyl groups is 1. The molecule has 0 unspecified atom stereocenters. The fourth-order valence-corrected chi connectivity index (χ4v) is 3.84. The van der Waals surface area contributed by atoms with Crippen molar-refractivity contribution in [3.8, 4) is 11.3 Å². The average molecular weight is 520 g/mol. The summed E-state index contributed by atoms with van der Waals surface area (Å²) >= 11 is 0. The fraction of sp³-hybridized carbons (Fsp3) is 0.250. The van der Waals surface area contributed by atoms with E-state index in [1.165, 1.54) is 47.4 Å². The SMILES string of the molecule is O=C(C[C@H](O)C(=O)O)OC[C@@H]1CN(c2ccc3cc(-c4ccccc4C(F)(F)F)[nH]c(=O)c3c2)C(=O)O1. The predicted octanol–water partition coefficient (Wildman–Crippen LogP) is 2.92. The lowest BCUT2D eigenvalue weighted by Gasteiger charge is -2.15. The van der Waals surface area contributed by atoms with E-state index in [-0.39, 0.29) is 35.5 Å². The molecule has 0 saturated carbocycles. The van der Waals surface area contributed by atoms with Crippen molar-refractivity contribution in [1.29, 1.82) is 0 Å². The Balaban J connectivity index is 1.53. The van der Waals surface area contributed by atoms with Gasteiger partial charge in [0.25, 0.3) is 5.56 Å². The number of aliphatic carboxylic acids is 1. The predicted molar refractivity (Wildman–Crippen MR) is 122 cm³/mol. The van der Waals surface area contributed by atoms with Gasteiger partial charge in [-0.25, -0.2) is 9.59 Å². The third-order valence-electron chi connectivity index (χ3n) is 5.61. The van der Waals surface area contributed by atoms with Crippen molar-refractivity contribution in [3.63, 3.8) is 0 Å². The number of carboxylic acids is 1. The molecule has 1 amide bonds. The lowest BCUT2D eigenvalue weighted by Crippen LogP contribution is -2.28. The summed E-state index contributed by atoms with van der Waals surface area (Å²) in [6.07, 6.45) is -9.01. The first kappa shape index (κ1) is 25.7. The van der Waals surface area contributed by atoms with Crippen LogP contribution in [-0.2, 0) is 25.2 Å². The maximum atomic E-state index is 13.4. The van der Waals surface area contributed by atoms with Crippen molar-refractivity contribution in [1.82, 2.24) is 4.98 Å². The highest BCUT2D eigenvalue weighted by molar-refractivity contribution is 5.95. The van der Waals surface area contributed by atoms with Gasteiger partial charge in [0.1, 0.15) is 6.61 Å². The van der Waals surface area contributed by atoms with Crippen molar-refractivity contribution >= 4 is 34.5 Å². The van der Waals surface area contributed by atoms with Crippen molar-refractivity contribution in [2.75, 3.05) is 18.1 Å². The number of fused-ring (bicyclic) bond motifs is 1. The number of ether oxygens (including phenoxy) is 2. The van der Waals surface area contributed by atoms with Crippen LogP contribution in [0.1, 0.15) is 12.0 Å². The van der Waals surface area contributed by atoms with Gasteiger partial charge in [-0.05, 0) is 29.7 Å². The van der Waals surface area contributed by atoms with Gasteiger partial charge in [-0.1, -0.05) is 24.3 Å². The summed E-state index contributed by atoms with van der Waals surface area (Å²) in [5, 5.41) is 18.3. The number of cyclic esters (lactones) is 1. The Morgan fingerprint density at radius 3 is 2.59 bits per heavy atom. The number of esters is 1. The van der Waals surface area contributed by atoms with E-state index in [4.69, 9.17) is 14.6 Å². The zero-order chi connectivity index (χ0) is 26.9. The van der Waals surface area contributed by atoms with E-state index >= 15 is 0 Å². The van der Waals surface area contributed by atoms with Gasteiger partial charge in [0.2, 0.25) is 0 Å². The molecule has 3 aromatic rings. The van der Waals surface area contributed by atoms with Gasteiger partial charge >= 0.3 is 24.2 Å². The summed E-state index contributed by atoms with van der Waals surface area (Å²) < 4.78 is 50.3. The van der Waals surface area contributed by atoms with E-state index in [1.54, 1.807) is 0 Å². The minimum absolute atomic E-state index is 0.0198.